The van der Waals surface area contributed by atoms with E-state index in [9.17, 15) is 0 Å². The lowest BCUT2D eigenvalue weighted by molar-refractivity contribution is 0.118. The van der Waals surface area contributed by atoms with Gasteiger partial charge in [0.1, 0.15) is 0 Å². The molecule has 1 heterocycles. The van der Waals surface area contributed by atoms with Crippen LogP contribution in [0, 0.1) is 17.2 Å². The summed E-state index contributed by atoms with van der Waals surface area (Å²) in [7, 11) is 0. The first-order valence-electron chi connectivity index (χ1n) is 4.80. The molecule has 0 aromatic heterocycles. The number of hydrogen-bond donors (Lipinski definition) is 0. The second kappa shape index (κ2) is 3.91. The fourth-order valence-corrected chi connectivity index (χ4v) is 1.90. The van der Waals surface area contributed by atoms with E-state index in [0.29, 0.717) is 6.04 Å². The van der Waals surface area contributed by atoms with Gasteiger partial charge in [-0.2, -0.15) is 5.26 Å². The smallest absolute Gasteiger partial charge is 0.0982 e. The molecule has 1 fully saturated rings. The molecule has 12 heavy (non-hydrogen) atoms. The minimum absolute atomic E-state index is 0.161. The molecule has 0 spiro atoms. The van der Waals surface area contributed by atoms with E-state index >= 15 is 0 Å². The quantitative estimate of drug-likeness (QED) is 0.596. The first kappa shape index (κ1) is 9.54. The summed E-state index contributed by atoms with van der Waals surface area (Å²) in [5.41, 5.74) is 0. The van der Waals surface area contributed by atoms with E-state index in [-0.39, 0.29) is 6.04 Å². The fourth-order valence-electron chi connectivity index (χ4n) is 1.90. The van der Waals surface area contributed by atoms with Gasteiger partial charge in [-0.3, -0.25) is 4.90 Å². The lowest BCUT2D eigenvalue weighted by Gasteiger charge is -2.37. The monoisotopic (exact) mass is 166 g/mol. The molecule has 0 saturated carbocycles. The zero-order chi connectivity index (χ0) is 9.14. The molecule has 2 unspecified atom stereocenters. The summed E-state index contributed by atoms with van der Waals surface area (Å²) in [6, 6.07) is 3.07. The van der Waals surface area contributed by atoms with Crippen LogP contribution >= 0.6 is 0 Å². The van der Waals surface area contributed by atoms with Crippen molar-refractivity contribution in [1.82, 2.24) is 4.90 Å². The van der Waals surface area contributed by atoms with Gasteiger partial charge in [-0.15, -0.1) is 0 Å². The molecule has 68 valence electrons. The van der Waals surface area contributed by atoms with Gasteiger partial charge >= 0.3 is 0 Å². The Morgan fingerprint density at radius 2 is 2.17 bits per heavy atom. The zero-order valence-corrected chi connectivity index (χ0v) is 8.25. The van der Waals surface area contributed by atoms with Gasteiger partial charge in [-0.25, -0.2) is 0 Å². The molecule has 0 bridgehead atoms. The van der Waals surface area contributed by atoms with Crippen LogP contribution in [0.2, 0.25) is 0 Å². The van der Waals surface area contributed by atoms with Crippen LogP contribution in [0.5, 0.6) is 0 Å². The molecule has 1 saturated heterocycles. The van der Waals surface area contributed by atoms with Gasteiger partial charge < -0.3 is 0 Å². The predicted molar refractivity (Wildman–Crippen MR) is 49.6 cm³/mol. The summed E-state index contributed by atoms with van der Waals surface area (Å²) in [4.78, 5) is 2.31. The highest BCUT2D eigenvalue weighted by Gasteiger charge is 2.27. The van der Waals surface area contributed by atoms with E-state index in [1.807, 2.05) is 0 Å². The number of hydrogen-bond acceptors (Lipinski definition) is 2. The Bertz CT molecular complexity index is 181. The third-order valence-corrected chi connectivity index (χ3v) is 2.72. The maximum absolute atomic E-state index is 8.94. The van der Waals surface area contributed by atoms with E-state index in [2.05, 4.69) is 31.7 Å². The van der Waals surface area contributed by atoms with Crippen molar-refractivity contribution in [3.8, 4) is 6.07 Å². The first-order valence-corrected chi connectivity index (χ1v) is 4.80. The highest BCUT2D eigenvalue weighted by molar-refractivity contribution is 4.96. The Morgan fingerprint density at radius 1 is 1.50 bits per heavy atom. The average Bonchev–Trinajstić information content (AvgIpc) is 2.03. The summed E-state index contributed by atoms with van der Waals surface area (Å²) in [5.74, 6) is 0.727. The van der Waals surface area contributed by atoms with E-state index < -0.39 is 0 Å². The first-order chi connectivity index (χ1) is 5.65. The number of nitriles is 1. The largest absolute Gasteiger partial charge is 0.286 e. The number of nitrogens with zero attached hydrogens (tertiary/aromatic N) is 2. The number of rotatable bonds is 1. The van der Waals surface area contributed by atoms with E-state index in [4.69, 9.17) is 5.26 Å². The summed E-state index contributed by atoms with van der Waals surface area (Å²) in [6.07, 6.45) is 2.30. The van der Waals surface area contributed by atoms with Crippen molar-refractivity contribution < 1.29 is 0 Å². The van der Waals surface area contributed by atoms with Gasteiger partial charge in [-0.05, 0) is 39.2 Å². The molecule has 0 N–H and O–H groups in total. The van der Waals surface area contributed by atoms with Gasteiger partial charge in [0.25, 0.3) is 0 Å². The van der Waals surface area contributed by atoms with Crippen molar-refractivity contribution in [2.24, 2.45) is 5.92 Å². The van der Waals surface area contributed by atoms with Crippen molar-refractivity contribution in [3.05, 3.63) is 0 Å². The lowest BCUT2D eigenvalue weighted by atomic mass is 9.92. The molecule has 2 nitrogen and oxygen atoms in total. The van der Waals surface area contributed by atoms with Crippen molar-refractivity contribution >= 4 is 0 Å². The maximum atomic E-state index is 8.94. The molecule has 2 heteroatoms. The van der Waals surface area contributed by atoms with Crippen molar-refractivity contribution in [2.45, 2.75) is 45.7 Å². The van der Waals surface area contributed by atoms with Crippen LogP contribution in [-0.4, -0.2) is 23.5 Å². The highest BCUT2D eigenvalue weighted by atomic mass is 15.2. The fraction of sp³-hybridized carbons (Fsp3) is 0.900. The minimum atomic E-state index is 0.161. The Labute approximate surface area is 75.2 Å². The third-order valence-electron chi connectivity index (χ3n) is 2.72. The summed E-state index contributed by atoms with van der Waals surface area (Å²) < 4.78 is 0. The molecule has 2 atom stereocenters. The molecule has 0 radical (unpaired) electrons. The second-order valence-corrected chi connectivity index (χ2v) is 4.11. The van der Waals surface area contributed by atoms with Crippen molar-refractivity contribution in [3.63, 3.8) is 0 Å². The zero-order valence-electron chi connectivity index (χ0n) is 8.25. The summed E-state index contributed by atoms with van der Waals surface area (Å²) >= 11 is 0. The molecule has 0 aromatic rings. The second-order valence-electron chi connectivity index (χ2n) is 4.11. The van der Waals surface area contributed by atoms with Gasteiger partial charge in [0.15, 0.2) is 0 Å². The van der Waals surface area contributed by atoms with Crippen LogP contribution in [-0.2, 0) is 0 Å². The molecule has 0 aliphatic carbocycles. The van der Waals surface area contributed by atoms with Crippen LogP contribution in [0.1, 0.15) is 33.6 Å². The summed E-state index contributed by atoms with van der Waals surface area (Å²) in [5, 5.41) is 8.94. The third kappa shape index (κ3) is 1.98. The average molecular weight is 166 g/mol. The van der Waals surface area contributed by atoms with Crippen molar-refractivity contribution in [1.29, 1.82) is 5.26 Å². The van der Waals surface area contributed by atoms with Crippen molar-refractivity contribution in [2.75, 3.05) is 6.54 Å². The van der Waals surface area contributed by atoms with E-state index in [1.54, 1.807) is 0 Å². The van der Waals surface area contributed by atoms with Gasteiger partial charge in [-0.1, -0.05) is 6.92 Å². The minimum Gasteiger partial charge on any atom is -0.286 e. The molecule has 1 aliphatic heterocycles. The molecule has 0 aromatic carbocycles. The van der Waals surface area contributed by atoms with Gasteiger partial charge in [0.2, 0.25) is 0 Å². The predicted octanol–water partition coefficient (Wildman–Crippen LogP) is 2.02. The Morgan fingerprint density at radius 3 is 2.67 bits per heavy atom. The van der Waals surface area contributed by atoms with Crippen LogP contribution in [0.3, 0.4) is 0 Å². The number of piperidine rings is 1. The normalized spacial score (nSPS) is 31.9. The molecular formula is C10H18N2. The summed E-state index contributed by atoms with van der Waals surface area (Å²) in [6.45, 7) is 7.67. The Hall–Kier alpha value is -0.550. The van der Waals surface area contributed by atoms with Gasteiger partial charge in [0, 0.05) is 6.04 Å². The Kier molecular flexibility index (Phi) is 3.11. The highest BCUT2D eigenvalue weighted by Crippen LogP contribution is 2.23. The standard InChI is InChI=1S/C10H18N2/c1-8(2)12-5-4-9(3)6-10(12)7-11/h8-10H,4-6H2,1-3H3. The van der Waals surface area contributed by atoms with Crippen LogP contribution in [0.15, 0.2) is 0 Å². The Balaban J connectivity index is 2.58. The lowest BCUT2D eigenvalue weighted by Crippen LogP contribution is -2.45. The van der Waals surface area contributed by atoms with Crippen LogP contribution in [0.25, 0.3) is 0 Å². The molecule has 1 rings (SSSR count). The van der Waals surface area contributed by atoms with E-state index in [1.165, 1.54) is 6.42 Å². The molecular weight excluding hydrogens is 148 g/mol. The maximum Gasteiger partial charge on any atom is 0.0982 e. The topological polar surface area (TPSA) is 27.0 Å². The van der Waals surface area contributed by atoms with Crippen LogP contribution < -0.4 is 0 Å². The molecule has 0 amide bonds. The van der Waals surface area contributed by atoms with Gasteiger partial charge in [0.05, 0.1) is 12.1 Å². The van der Waals surface area contributed by atoms with E-state index in [0.717, 1.165) is 18.9 Å². The van der Waals surface area contributed by atoms with Crippen LogP contribution in [0.4, 0.5) is 0 Å². The SMILES string of the molecule is CC1CCN(C(C)C)C(C#N)C1. The number of likely N-dealkylation sites (tertiary alicyclic amines) is 1. The molecule has 1 aliphatic rings.